The third-order valence-electron chi connectivity index (χ3n) is 3.51. The second-order valence-electron chi connectivity index (χ2n) is 5.94. The molecule has 1 atom stereocenters. The minimum Gasteiger partial charge on any atom is -0.378 e. The third kappa shape index (κ3) is 5.86. The highest BCUT2D eigenvalue weighted by Crippen LogP contribution is 2.23. The third-order valence-corrected chi connectivity index (χ3v) is 4.54. The molecule has 0 bridgehead atoms. The van der Waals surface area contributed by atoms with Gasteiger partial charge in [0.05, 0.1) is 6.10 Å². The minimum absolute atomic E-state index is 0.512. The molecule has 1 heterocycles. The highest BCUT2D eigenvalue weighted by atomic mass is 32.2. The first-order valence-corrected chi connectivity index (χ1v) is 8.76. The van der Waals surface area contributed by atoms with Crippen molar-refractivity contribution in [1.29, 1.82) is 0 Å². The van der Waals surface area contributed by atoms with Crippen molar-refractivity contribution < 1.29 is 4.74 Å². The molecule has 1 fully saturated rings. The van der Waals surface area contributed by atoms with Gasteiger partial charge in [-0.3, -0.25) is 0 Å². The van der Waals surface area contributed by atoms with Gasteiger partial charge in [0.25, 0.3) is 0 Å². The van der Waals surface area contributed by atoms with Crippen LogP contribution in [0.1, 0.15) is 38.7 Å². The maximum Gasteiger partial charge on any atom is 0.0584 e. The van der Waals surface area contributed by atoms with Gasteiger partial charge in [-0.05, 0) is 49.4 Å². The number of hydrogen-bond donors (Lipinski definition) is 1. The van der Waals surface area contributed by atoms with Crippen LogP contribution >= 0.6 is 11.8 Å². The zero-order chi connectivity index (χ0) is 14.2. The van der Waals surface area contributed by atoms with Crippen LogP contribution in [-0.2, 0) is 11.3 Å². The van der Waals surface area contributed by atoms with Gasteiger partial charge < -0.3 is 10.1 Å². The van der Waals surface area contributed by atoms with E-state index in [4.69, 9.17) is 4.74 Å². The first-order chi connectivity index (χ1) is 9.74. The van der Waals surface area contributed by atoms with Crippen molar-refractivity contribution in [3.63, 3.8) is 0 Å². The van der Waals surface area contributed by atoms with Crippen molar-refractivity contribution in [2.24, 2.45) is 5.92 Å². The van der Waals surface area contributed by atoms with Gasteiger partial charge in [-0.2, -0.15) is 0 Å². The Labute approximate surface area is 127 Å². The molecule has 20 heavy (non-hydrogen) atoms. The minimum atomic E-state index is 0.512. The van der Waals surface area contributed by atoms with E-state index < -0.39 is 0 Å². The van der Waals surface area contributed by atoms with Crippen molar-refractivity contribution in [2.45, 2.75) is 50.7 Å². The quantitative estimate of drug-likeness (QED) is 0.729. The van der Waals surface area contributed by atoms with Crippen LogP contribution in [0.2, 0.25) is 0 Å². The number of rotatable bonds is 8. The van der Waals surface area contributed by atoms with Crippen molar-refractivity contribution in [2.75, 3.05) is 18.9 Å². The lowest BCUT2D eigenvalue weighted by Crippen LogP contribution is -2.18. The molecule has 0 saturated carbocycles. The SMILES string of the molecule is CC(C)CNCc1cccc(SCCC2CCCO2)c1. The molecule has 1 N–H and O–H groups in total. The Balaban J connectivity index is 1.71. The summed E-state index contributed by atoms with van der Waals surface area (Å²) in [6, 6.07) is 8.90. The average molecular weight is 293 g/mol. The van der Waals surface area contributed by atoms with Crippen molar-refractivity contribution in [3.8, 4) is 0 Å². The van der Waals surface area contributed by atoms with Crippen LogP contribution in [0.25, 0.3) is 0 Å². The van der Waals surface area contributed by atoms with Crippen LogP contribution in [0, 0.1) is 5.92 Å². The van der Waals surface area contributed by atoms with E-state index >= 15 is 0 Å². The Bertz CT molecular complexity index is 388. The van der Waals surface area contributed by atoms with Gasteiger partial charge in [0, 0.05) is 23.8 Å². The van der Waals surface area contributed by atoms with Crippen LogP contribution in [0.4, 0.5) is 0 Å². The molecule has 0 spiro atoms. The fourth-order valence-corrected chi connectivity index (χ4v) is 3.46. The molecule has 2 nitrogen and oxygen atoms in total. The van der Waals surface area contributed by atoms with E-state index in [1.165, 1.54) is 29.7 Å². The fourth-order valence-electron chi connectivity index (χ4n) is 2.43. The summed E-state index contributed by atoms with van der Waals surface area (Å²) in [7, 11) is 0. The molecule has 1 unspecified atom stereocenters. The molecule has 0 aromatic heterocycles. The Kier molecular flexibility index (Phi) is 6.91. The highest BCUT2D eigenvalue weighted by molar-refractivity contribution is 7.99. The summed E-state index contributed by atoms with van der Waals surface area (Å²) in [5.74, 6) is 1.87. The first kappa shape index (κ1) is 15.9. The Morgan fingerprint density at radius 1 is 1.40 bits per heavy atom. The van der Waals surface area contributed by atoms with E-state index in [0.29, 0.717) is 12.0 Å². The molecule has 112 valence electrons. The van der Waals surface area contributed by atoms with Gasteiger partial charge in [0.15, 0.2) is 0 Å². The van der Waals surface area contributed by atoms with Gasteiger partial charge in [-0.1, -0.05) is 26.0 Å². The fraction of sp³-hybridized carbons (Fsp3) is 0.647. The second-order valence-corrected chi connectivity index (χ2v) is 7.11. The molecule has 0 radical (unpaired) electrons. The lowest BCUT2D eigenvalue weighted by molar-refractivity contribution is 0.109. The van der Waals surface area contributed by atoms with Crippen molar-refractivity contribution in [3.05, 3.63) is 29.8 Å². The normalized spacial score (nSPS) is 18.9. The molecule has 1 aromatic carbocycles. The smallest absolute Gasteiger partial charge is 0.0584 e. The summed E-state index contributed by atoms with van der Waals surface area (Å²) >= 11 is 1.95. The van der Waals surface area contributed by atoms with E-state index in [2.05, 4.69) is 43.4 Å². The first-order valence-electron chi connectivity index (χ1n) is 7.78. The largest absolute Gasteiger partial charge is 0.378 e. The summed E-state index contributed by atoms with van der Waals surface area (Å²) in [5, 5.41) is 3.50. The molecule has 1 aliphatic rings. The molecule has 1 aromatic rings. The lowest BCUT2D eigenvalue weighted by atomic mass is 10.2. The average Bonchev–Trinajstić information content (AvgIpc) is 2.92. The van der Waals surface area contributed by atoms with Crippen LogP contribution in [0.3, 0.4) is 0 Å². The molecule has 0 amide bonds. The van der Waals surface area contributed by atoms with E-state index in [-0.39, 0.29) is 0 Å². The molecule has 1 saturated heterocycles. The molecule has 1 aliphatic heterocycles. The number of ether oxygens (including phenoxy) is 1. The van der Waals surface area contributed by atoms with Gasteiger partial charge in [0.1, 0.15) is 0 Å². The van der Waals surface area contributed by atoms with Crippen LogP contribution in [0.5, 0.6) is 0 Å². The molecule has 0 aliphatic carbocycles. The number of nitrogens with one attached hydrogen (secondary N) is 1. The lowest BCUT2D eigenvalue weighted by Gasteiger charge is -2.10. The van der Waals surface area contributed by atoms with Crippen LogP contribution in [0.15, 0.2) is 29.2 Å². The Hall–Kier alpha value is -0.510. The molecule has 3 heteroatoms. The monoisotopic (exact) mass is 293 g/mol. The maximum absolute atomic E-state index is 5.67. The van der Waals surface area contributed by atoms with Gasteiger partial charge in [-0.15, -0.1) is 11.8 Å². The zero-order valence-electron chi connectivity index (χ0n) is 12.7. The predicted octanol–water partition coefficient (Wildman–Crippen LogP) is 4.09. The zero-order valence-corrected chi connectivity index (χ0v) is 13.5. The second kappa shape index (κ2) is 8.71. The van der Waals surface area contributed by atoms with Gasteiger partial charge >= 0.3 is 0 Å². The topological polar surface area (TPSA) is 21.3 Å². The summed E-state index contributed by atoms with van der Waals surface area (Å²) in [5.41, 5.74) is 1.38. The van der Waals surface area contributed by atoms with E-state index in [1.54, 1.807) is 0 Å². The van der Waals surface area contributed by atoms with Gasteiger partial charge in [0.2, 0.25) is 0 Å². The highest BCUT2D eigenvalue weighted by Gasteiger charge is 2.14. The molecular weight excluding hydrogens is 266 g/mol. The molecular formula is C17H27NOS. The standard InChI is InChI=1S/C17H27NOS/c1-14(2)12-18-13-15-5-3-7-17(11-15)20-10-8-16-6-4-9-19-16/h3,5,7,11,14,16,18H,4,6,8-10,12-13H2,1-2H3. The van der Waals surface area contributed by atoms with E-state index in [1.807, 2.05) is 11.8 Å². The summed E-state index contributed by atoms with van der Waals surface area (Å²) in [4.78, 5) is 1.38. The molecule has 2 rings (SSSR count). The number of thioether (sulfide) groups is 1. The van der Waals surface area contributed by atoms with Gasteiger partial charge in [-0.25, -0.2) is 0 Å². The number of benzene rings is 1. The number of hydrogen-bond acceptors (Lipinski definition) is 3. The summed E-state index contributed by atoms with van der Waals surface area (Å²) in [6.45, 7) is 7.50. The summed E-state index contributed by atoms with van der Waals surface area (Å²) < 4.78 is 5.67. The Morgan fingerprint density at radius 3 is 3.05 bits per heavy atom. The van der Waals surface area contributed by atoms with Crippen molar-refractivity contribution in [1.82, 2.24) is 5.32 Å². The van der Waals surface area contributed by atoms with Crippen LogP contribution < -0.4 is 5.32 Å². The summed E-state index contributed by atoms with van der Waals surface area (Å²) in [6.07, 6.45) is 4.19. The van der Waals surface area contributed by atoms with E-state index in [9.17, 15) is 0 Å². The predicted molar refractivity (Wildman–Crippen MR) is 87.3 cm³/mol. The van der Waals surface area contributed by atoms with E-state index in [0.717, 1.165) is 25.4 Å². The van der Waals surface area contributed by atoms with Crippen molar-refractivity contribution >= 4 is 11.8 Å². The van der Waals surface area contributed by atoms with Crippen LogP contribution in [-0.4, -0.2) is 25.0 Å². The maximum atomic E-state index is 5.67. The Morgan fingerprint density at radius 2 is 2.30 bits per heavy atom.